The average molecular weight is 331 g/mol. The molecule has 1 aromatic carbocycles. The third-order valence-electron chi connectivity index (χ3n) is 3.64. The summed E-state index contributed by atoms with van der Waals surface area (Å²) >= 11 is 1.34. The Hall–Kier alpha value is -2.35. The quantitative estimate of drug-likeness (QED) is 0.858. The first-order valence-electron chi connectivity index (χ1n) is 7.22. The van der Waals surface area contributed by atoms with Crippen LogP contribution in [0, 0.1) is 0 Å². The number of nitrogens with zero attached hydrogens (tertiary/aromatic N) is 4. The van der Waals surface area contributed by atoms with Gasteiger partial charge in [-0.2, -0.15) is 0 Å². The summed E-state index contributed by atoms with van der Waals surface area (Å²) in [4.78, 5) is 25.3. The molecule has 0 unspecified atom stereocenters. The highest BCUT2D eigenvalue weighted by Gasteiger charge is 2.22. The minimum atomic E-state index is -0.0978. The van der Waals surface area contributed by atoms with Crippen molar-refractivity contribution in [2.75, 3.05) is 22.5 Å². The largest absolute Gasteiger partial charge is 0.325 e. The van der Waals surface area contributed by atoms with E-state index in [4.69, 9.17) is 0 Å². The normalized spacial score (nSPS) is 13.0. The van der Waals surface area contributed by atoms with E-state index in [0.717, 1.165) is 23.4 Å². The minimum absolute atomic E-state index is 0.0422. The number of aromatic nitrogens is 3. The van der Waals surface area contributed by atoms with Crippen molar-refractivity contribution in [2.45, 2.75) is 18.5 Å². The molecule has 0 fully saturated rings. The molecule has 0 atom stereocenters. The van der Waals surface area contributed by atoms with Crippen LogP contribution in [0.1, 0.15) is 12.5 Å². The summed E-state index contributed by atoms with van der Waals surface area (Å²) in [5.74, 6) is 0.211. The lowest BCUT2D eigenvalue weighted by atomic mass is 10.1. The third kappa shape index (κ3) is 3.37. The van der Waals surface area contributed by atoms with Gasteiger partial charge in [-0.15, -0.1) is 10.2 Å². The molecule has 2 amide bonds. The topological polar surface area (TPSA) is 80.1 Å². The fraction of sp³-hybridized carbons (Fsp3) is 0.333. The van der Waals surface area contributed by atoms with E-state index in [-0.39, 0.29) is 17.6 Å². The van der Waals surface area contributed by atoms with Gasteiger partial charge in [-0.25, -0.2) is 0 Å². The van der Waals surface area contributed by atoms with E-state index in [2.05, 4.69) is 15.5 Å². The van der Waals surface area contributed by atoms with E-state index in [1.54, 1.807) is 22.7 Å². The molecule has 2 aromatic rings. The Balaban J connectivity index is 1.61. The zero-order valence-corrected chi connectivity index (χ0v) is 13.8. The number of amides is 2. The number of carbonyl (C=O) groups excluding carboxylic acids is 2. The molecule has 0 saturated heterocycles. The summed E-state index contributed by atoms with van der Waals surface area (Å²) in [6.07, 6.45) is 2.41. The highest BCUT2D eigenvalue weighted by Crippen LogP contribution is 2.30. The van der Waals surface area contributed by atoms with Crippen molar-refractivity contribution in [3.8, 4) is 0 Å². The molecule has 1 N–H and O–H groups in total. The van der Waals surface area contributed by atoms with Crippen molar-refractivity contribution in [3.05, 3.63) is 30.1 Å². The van der Waals surface area contributed by atoms with Crippen molar-refractivity contribution >= 4 is 35.0 Å². The number of fused-ring (bicyclic) bond motifs is 1. The van der Waals surface area contributed by atoms with Gasteiger partial charge in [-0.05, 0) is 30.2 Å². The number of hydrogen-bond acceptors (Lipinski definition) is 5. The van der Waals surface area contributed by atoms with E-state index >= 15 is 0 Å². The molecule has 120 valence electrons. The maximum Gasteiger partial charge on any atom is 0.234 e. The summed E-state index contributed by atoms with van der Waals surface area (Å²) in [6, 6.07) is 5.64. The molecule has 3 rings (SSSR count). The van der Waals surface area contributed by atoms with Crippen LogP contribution < -0.4 is 10.2 Å². The lowest BCUT2D eigenvalue weighted by Gasteiger charge is -2.15. The van der Waals surface area contributed by atoms with Gasteiger partial charge in [0.15, 0.2) is 5.16 Å². The van der Waals surface area contributed by atoms with Gasteiger partial charge in [0.05, 0.1) is 5.75 Å². The van der Waals surface area contributed by atoms with E-state index in [0.29, 0.717) is 11.7 Å². The van der Waals surface area contributed by atoms with Crippen LogP contribution in [0.2, 0.25) is 0 Å². The molecule has 2 heterocycles. The number of aryl methyl sites for hydroxylation is 1. The fourth-order valence-electron chi connectivity index (χ4n) is 2.54. The molecule has 8 heteroatoms. The lowest BCUT2D eigenvalue weighted by Crippen LogP contribution is -2.25. The van der Waals surface area contributed by atoms with E-state index in [1.807, 2.05) is 25.2 Å². The SMILES string of the molecule is CC(=O)N1CCc2cc(NC(=O)CSc3nncn3C)ccc21. The van der Waals surface area contributed by atoms with E-state index < -0.39 is 0 Å². The predicted octanol–water partition coefficient (Wildman–Crippen LogP) is 1.45. The van der Waals surface area contributed by atoms with Crippen LogP contribution in [0.25, 0.3) is 0 Å². The maximum atomic E-state index is 12.0. The van der Waals surface area contributed by atoms with Gasteiger partial charge in [0.2, 0.25) is 11.8 Å². The van der Waals surface area contributed by atoms with Crippen molar-refractivity contribution in [1.82, 2.24) is 14.8 Å². The van der Waals surface area contributed by atoms with Gasteiger partial charge < -0.3 is 14.8 Å². The predicted molar refractivity (Wildman–Crippen MR) is 88.5 cm³/mol. The van der Waals surface area contributed by atoms with Gasteiger partial charge in [-0.3, -0.25) is 9.59 Å². The van der Waals surface area contributed by atoms with Gasteiger partial charge in [0.1, 0.15) is 6.33 Å². The second-order valence-electron chi connectivity index (χ2n) is 5.33. The highest BCUT2D eigenvalue weighted by molar-refractivity contribution is 7.99. The summed E-state index contributed by atoms with van der Waals surface area (Å²) in [7, 11) is 1.83. The second kappa shape index (κ2) is 6.41. The number of carbonyl (C=O) groups is 2. The maximum absolute atomic E-state index is 12.0. The van der Waals surface area contributed by atoms with Crippen LogP contribution in [0.3, 0.4) is 0 Å². The number of benzene rings is 1. The van der Waals surface area contributed by atoms with Crippen molar-refractivity contribution < 1.29 is 9.59 Å². The lowest BCUT2D eigenvalue weighted by molar-refractivity contribution is -0.116. The van der Waals surface area contributed by atoms with Crippen LogP contribution in [-0.2, 0) is 23.1 Å². The monoisotopic (exact) mass is 331 g/mol. The molecule has 7 nitrogen and oxygen atoms in total. The number of anilines is 2. The van der Waals surface area contributed by atoms with Crippen LogP contribution in [0.5, 0.6) is 0 Å². The van der Waals surface area contributed by atoms with Gasteiger partial charge in [0.25, 0.3) is 0 Å². The first-order valence-corrected chi connectivity index (χ1v) is 8.21. The van der Waals surface area contributed by atoms with Crippen LogP contribution in [0.15, 0.2) is 29.7 Å². The summed E-state index contributed by atoms with van der Waals surface area (Å²) in [6.45, 7) is 2.26. The molecule has 1 aliphatic rings. The Bertz CT molecular complexity index is 758. The number of thioether (sulfide) groups is 1. The summed E-state index contributed by atoms with van der Waals surface area (Å²) < 4.78 is 1.77. The van der Waals surface area contributed by atoms with Gasteiger partial charge in [-0.1, -0.05) is 11.8 Å². The smallest absolute Gasteiger partial charge is 0.234 e. The Morgan fingerprint density at radius 3 is 2.91 bits per heavy atom. The third-order valence-corrected chi connectivity index (χ3v) is 4.68. The summed E-state index contributed by atoms with van der Waals surface area (Å²) in [5.41, 5.74) is 2.76. The Kier molecular flexibility index (Phi) is 4.33. The molecule has 0 saturated carbocycles. The van der Waals surface area contributed by atoms with Crippen molar-refractivity contribution in [1.29, 1.82) is 0 Å². The first kappa shape index (κ1) is 15.5. The molecule has 23 heavy (non-hydrogen) atoms. The molecular weight excluding hydrogens is 314 g/mol. The zero-order valence-electron chi connectivity index (χ0n) is 12.9. The van der Waals surface area contributed by atoms with E-state index in [9.17, 15) is 9.59 Å². The van der Waals surface area contributed by atoms with Crippen molar-refractivity contribution in [2.24, 2.45) is 7.05 Å². The average Bonchev–Trinajstić information content (AvgIpc) is 3.10. The zero-order chi connectivity index (χ0) is 16.4. The Morgan fingerprint density at radius 2 is 2.22 bits per heavy atom. The molecule has 0 aliphatic carbocycles. The molecule has 0 radical (unpaired) electrons. The second-order valence-corrected chi connectivity index (χ2v) is 6.27. The highest BCUT2D eigenvalue weighted by atomic mass is 32.2. The Labute approximate surface area is 138 Å². The Morgan fingerprint density at radius 1 is 1.39 bits per heavy atom. The number of nitrogens with one attached hydrogen (secondary N) is 1. The molecule has 0 spiro atoms. The fourth-order valence-corrected chi connectivity index (χ4v) is 3.23. The van der Waals surface area contributed by atoms with Crippen molar-refractivity contribution in [3.63, 3.8) is 0 Å². The summed E-state index contributed by atoms with van der Waals surface area (Å²) in [5, 5.41) is 11.3. The van der Waals surface area contributed by atoms with Crippen LogP contribution >= 0.6 is 11.8 Å². The van der Waals surface area contributed by atoms with E-state index in [1.165, 1.54) is 11.8 Å². The number of rotatable bonds is 4. The van der Waals surface area contributed by atoms with Gasteiger partial charge in [0, 0.05) is 31.9 Å². The number of hydrogen-bond donors (Lipinski definition) is 1. The molecule has 0 bridgehead atoms. The first-order chi connectivity index (χ1) is 11.0. The standard InChI is InChI=1S/C15H17N5O2S/c1-10(21)20-6-5-11-7-12(3-4-13(11)20)17-14(22)8-23-15-18-16-9-19(15)2/h3-4,7,9H,5-6,8H2,1-2H3,(H,17,22). The van der Waals surface area contributed by atoms with Crippen LogP contribution in [0.4, 0.5) is 11.4 Å². The minimum Gasteiger partial charge on any atom is -0.325 e. The van der Waals surface area contributed by atoms with Crippen LogP contribution in [-0.4, -0.2) is 38.9 Å². The molecule has 1 aromatic heterocycles. The van der Waals surface area contributed by atoms with Gasteiger partial charge >= 0.3 is 0 Å². The molecule has 1 aliphatic heterocycles. The molecular formula is C15H17N5O2S.